The Bertz CT molecular complexity index is 642. The molecule has 0 saturated carbocycles. The molecule has 8 heteroatoms. The summed E-state index contributed by atoms with van der Waals surface area (Å²) in [5, 5.41) is 3.75. The van der Waals surface area contributed by atoms with E-state index in [9.17, 15) is 13.2 Å². The van der Waals surface area contributed by atoms with Gasteiger partial charge in [-0.05, 0) is 69.2 Å². The van der Waals surface area contributed by atoms with Crippen molar-refractivity contribution in [3.8, 4) is 0 Å². The van der Waals surface area contributed by atoms with E-state index in [-0.39, 0.29) is 0 Å². The lowest BCUT2D eigenvalue weighted by Crippen LogP contribution is -2.49. The number of piperidine rings is 1. The van der Waals surface area contributed by atoms with Crippen molar-refractivity contribution >= 4 is 23.0 Å². The van der Waals surface area contributed by atoms with E-state index in [1.807, 2.05) is 0 Å². The minimum Gasteiger partial charge on any atom is -0.346 e. The first-order valence-electron chi connectivity index (χ1n) is 9.99. The second-order valence-corrected chi connectivity index (χ2v) is 8.17. The average Bonchev–Trinajstić information content (AvgIpc) is 2.67. The summed E-state index contributed by atoms with van der Waals surface area (Å²) in [6.45, 7) is 6.41. The number of alkyl halides is 3. The summed E-state index contributed by atoms with van der Waals surface area (Å²) in [5.74, 6) is 0. The molecule has 1 N–H and O–H groups in total. The van der Waals surface area contributed by atoms with Crippen molar-refractivity contribution in [2.45, 2.75) is 37.9 Å². The maximum atomic E-state index is 12.7. The smallest absolute Gasteiger partial charge is 0.346 e. The molecule has 2 saturated heterocycles. The van der Waals surface area contributed by atoms with Crippen LogP contribution in [-0.4, -0.2) is 72.2 Å². The van der Waals surface area contributed by atoms with Gasteiger partial charge in [0.25, 0.3) is 0 Å². The minimum absolute atomic E-state index is 0.392. The first-order chi connectivity index (χ1) is 13.3. The van der Waals surface area contributed by atoms with Crippen molar-refractivity contribution in [2.24, 2.45) is 0 Å². The third-order valence-electron chi connectivity index (χ3n) is 5.73. The van der Waals surface area contributed by atoms with Gasteiger partial charge >= 0.3 is 6.18 Å². The Kier molecular flexibility index (Phi) is 7.17. The molecule has 4 nitrogen and oxygen atoms in total. The van der Waals surface area contributed by atoms with E-state index in [0.717, 1.165) is 70.7 Å². The number of thiocarbonyl (C=S) groups is 1. The van der Waals surface area contributed by atoms with Gasteiger partial charge in [-0.15, -0.1) is 0 Å². The predicted octanol–water partition coefficient (Wildman–Crippen LogP) is 3.89. The maximum absolute atomic E-state index is 12.7. The van der Waals surface area contributed by atoms with Gasteiger partial charge in [-0.1, -0.05) is 0 Å². The van der Waals surface area contributed by atoms with E-state index in [0.29, 0.717) is 16.8 Å². The molecule has 0 amide bonds. The molecule has 1 aromatic rings. The van der Waals surface area contributed by atoms with Crippen LogP contribution in [0.3, 0.4) is 0 Å². The van der Waals surface area contributed by atoms with Gasteiger partial charge in [0.05, 0.1) is 5.56 Å². The highest BCUT2D eigenvalue weighted by molar-refractivity contribution is 7.80. The molecule has 0 aromatic heterocycles. The summed E-state index contributed by atoms with van der Waals surface area (Å²) in [6.07, 6.45) is 0.161. The molecule has 2 aliphatic heterocycles. The van der Waals surface area contributed by atoms with E-state index in [2.05, 4.69) is 27.1 Å². The summed E-state index contributed by atoms with van der Waals surface area (Å²) in [5.41, 5.74) is -0.0478. The maximum Gasteiger partial charge on any atom is 0.416 e. The van der Waals surface area contributed by atoms with Gasteiger partial charge in [-0.3, -0.25) is 0 Å². The third kappa shape index (κ3) is 5.81. The van der Waals surface area contributed by atoms with Gasteiger partial charge in [0.15, 0.2) is 5.11 Å². The number of hydrogen-bond acceptors (Lipinski definition) is 3. The third-order valence-corrected chi connectivity index (χ3v) is 6.06. The molecule has 2 fully saturated rings. The lowest BCUT2D eigenvalue weighted by Gasteiger charge is -2.39. The zero-order valence-corrected chi connectivity index (χ0v) is 17.2. The molecule has 0 aliphatic carbocycles. The van der Waals surface area contributed by atoms with Crippen molar-refractivity contribution in [3.63, 3.8) is 0 Å². The molecule has 1 aromatic carbocycles. The molecule has 28 heavy (non-hydrogen) atoms. The Morgan fingerprint density at radius 2 is 1.75 bits per heavy atom. The summed E-state index contributed by atoms with van der Waals surface area (Å²) in [4.78, 5) is 7.10. The van der Waals surface area contributed by atoms with Gasteiger partial charge in [0.1, 0.15) is 0 Å². The van der Waals surface area contributed by atoms with Crippen molar-refractivity contribution in [2.75, 3.05) is 51.6 Å². The number of rotatable bonds is 4. The van der Waals surface area contributed by atoms with Crippen LogP contribution < -0.4 is 5.32 Å². The van der Waals surface area contributed by atoms with Gasteiger partial charge in [-0.2, -0.15) is 13.2 Å². The summed E-state index contributed by atoms with van der Waals surface area (Å²) >= 11 is 5.60. The lowest BCUT2D eigenvalue weighted by molar-refractivity contribution is -0.137. The Labute approximate surface area is 170 Å². The molecule has 3 rings (SSSR count). The molecule has 0 bridgehead atoms. The Morgan fingerprint density at radius 3 is 2.39 bits per heavy atom. The summed E-state index contributed by atoms with van der Waals surface area (Å²) in [7, 11) is 2.16. The largest absolute Gasteiger partial charge is 0.416 e. The summed E-state index contributed by atoms with van der Waals surface area (Å²) in [6, 6.07) is 5.46. The van der Waals surface area contributed by atoms with Crippen LogP contribution in [0.2, 0.25) is 0 Å². The number of anilines is 1. The van der Waals surface area contributed by atoms with E-state index in [1.54, 1.807) is 0 Å². The van der Waals surface area contributed by atoms with Crippen LogP contribution in [0.1, 0.15) is 31.2 Å². The van der Waals surface area contributed by atoms with E-state index in [4.69, 9.17) is 12.2 Å². The molecule has 0 radical (unpaired) electrons. The lowest BCUT2D eigenvalue weighted by atomic mass is 9.99. The van der Waals surface area contributed by atoms with E-state index < -0.39 is 11.7 Å². The summed E-state index contributed by atoms with van der Waals surface area (Å²) < 4.78 is 38.2. The minimum atomic E-state index is -4.32. The monoisotopic (exact) mass is 414 g/mol. The number of nitrogens with zero attached hydrogens (tertiary/aromatic N) is 3. The standard InChI is InChI=1S/C20H29F3N4S/c1-25-12-14-26(15-13-25)11-9-18-4-2-3-10-27(18)19(28)24-17-7-5-16(6-8-17)20(21,22)23/h5-8,18H,2-4,9-15H2,1H3,(H,24,28)/t18-/m1/s1. The number of halogens is 3. The van der Waals surface area contributed by atoms with Crippen molar-refractivity contribution in [1.82, 2.24) is 14.7 Å². The molecule has 1 atom stereocenters. The highest BCUT2D eigenvalue weighted by atomic mass is 32.1. The second-order valence-electron chi connectivity index (χ2n) is 7.78. The molecule has 0 spiro atoms. The Balaban J connectivity index is 1.54. The van der Waals surface area contributed by atoms with E-state index in [1.165, 1.54) is 18.6 Å². The number of hydrogen-bond donors (Lipinski definition) is 1. The first kappa shape index (κ1) is 21.3. The molecule has 156 valence electrons. The van der Waals surface area contributed by atoms with Crippen LogP contribution >= 0.6 is 12.2 Å². The van der Waals surface area contributed by atoms with E-state index >= 15 is 0 Å². The molecular weight excluding hydrogens is 385 g/mol. The zero-order valence-electron chi connectivity index (χ0n) is 16.3. The average molecular weight is 415 g/mol. The van der Waals surface area contributed by atoms with Gasteiger partial charge in [-0.25, -0.2) is 0 Å². The van der Waals surface area contributed by atoms with Crippen molar-refractivity contribution < 1.29 is 13.2 Å². The van der Waals surface area contributed by atoms with Crippen LogP contribution in [0.4, 0.5) is 18.9 Å². The molecule has 0 unspecified atom stereocenters. The Morgan fingerprint density at radius 1 is 1.07 bits per heavy atom. The van der Waals surface area contributed by atoms with Crippen molar-refractivity contribution in [1.29, 1.82) is 0 Å². The van der Waals surface area contributed by atoms with Gasteiger partial charge in [0.2, 0.25) is 0 Å². The molecule has 2 aliphatic rings. The SMILES string of the molecule is CN1CCN(CC[C@H]2CCCCN2C(=S)Nc2ccc(C(F)(F)F)cc2)CC1. The fourth-order valence-electron chi connectivity index (χ4n) is 3.91. The topological polar surface area (TPSA) is 21.8 Å². The highest BCUT2D eigenvalue weighted by Crippen LogP contribution is 2.30. The van der Waals surface area contributed by atoms with Crippen molar-refractivity contribution in [3.05, 3.63) is 29.8 Å². The second kappa shape index (κ2) is 9.41. The number of likely N-dealkylation sites (N-methyl/N-ethyl adjacent to an activating group) is 1. The Hall–Kier alpha value is -1.38. The van der Waals surface area contributed by atoms with Crippen LogP contribution in [0.15, 0.2) is 24.3 Å². The number of likely N-dealkylation sites (tertiary alicyclic amines) is 1. The van der Waals surface area contributed by atoms with Gasteiger partial charge in [0, 0.05) is 51.0 Å². The number of benzene rings is 1. The van der Waals surface area contributed by atoms with Gasteiger partial charge < -0.3 is 20.0 Å². The fourth-order valence-corrected chi connectivity index (χ4v) is 4.27. The number of nitrogens with one attached hydrogen (secondary N) is 1. The number of piperazine rings is 1. The zero-order chi connectivity index (χ0) is 20.1. The van der Waals surface area contributed by atoms with Crippen LogP contribution in [0, 0.1) is 0 Å². The quantitative estimate of drug-likeness (QED) is 0.753. The normalized spacial score (nSPS) is 22.3. The van der Waals surface area contributed by atoms with Crippen LogP contribution in [0.5, 0.6) is 0 Å². The first-order valence-corrected chi connectivity index (χ1v) is 10.4. The molecular formula is C20H29F3N4S. The predicted molar refractivity (Wildman–Crippen MR) is 111 cm³/mol. The van der Waals surface area contributed by atoms with Crippen LogP contribution in [0.25, 0.3) is 0 Å². The fraction of sp³-hybridized carbons (Fsp3) is 0.650. The highest BCUT2D eigenvalue weighted by Gasteiger charge is 2.30. The van der Waals surface area contributed by atoms with Crippen LogP contribution in [-0.2, 0) is 6.18 Å². The molecule has 2 heterocycles.